The van der Waals surface area contributed by atoms with Gasteiger partial charge in [0.15, 0.2) is 5.96 Å². The summed E-state index contributed by atoms with van der Waals surface area (Å²) in [5, 5.41) is 6.39. The summed E-state index contributed by atoms with van der Waals surface area (Å²) in [5.41, 5.74) is 2.65. The number of benzene rings is 2. The zero-order valence-corrected chi connectivity index (χ0v) is 16.2. The highest BCUT2D eigenvalue weighted by Gasteiger charge is 2.13. The standard InChI is InChI=1S/C20H23N3.HI/c1-3-15-22-20(21-2)23-16-14-19(17-10-6-4-7-11-17)18-12-8-5-9-13-18;/h1,4-13,19H,14-16H2,2H3,(H2,21,22,23);1H. The number of halogens is 1. The fourth-order valence-corrected chi connectivity index (χ4v) is 2.59. The number of hydrogen-bond acceptors (Lipinski definition) is 1. The number of nitrogens with zero attached hydrogens (tertiary/aromatic N) is 1. The first-order valence-corrected chi connectivity index (χ1v) is 7.83. The van der Waals surface area contributed by atoms with Gasteiger partial charge in [-0.15, -0.1) is 30.4 Å². The maximum absolute atomic E-state index is 5.27. The van der Waals surface area contributed by atoms with Crippen LogP contribution in [0.2, 0.25) is 0 Å². The first-order valence-electron chi connectivity index (χ1n) is 7.83. The van der Waals surface area contributed by atoms with Crippen LogP contribution >= 0.6 is 24.0 Å². The van der Waals surface area contributed by atoms with Crippen molar-refractivity contribution in [3.8, 4) is 12.3 Å². The van der Waals surface area contributed by atoms with Crippen LogP contribution in [0.3, 0.4) is 0 Å². The Morgan fingerprint density at radius 1 is 1.00 bits per heavy atom. The van der Waals surface area contributed by atoms with E-state index in [2.05, 4.69) is 82.2 Å². The van der Waals surface area contributed by atoms with Gasteiger partial charge >= 0.3 is 0 Å². The van der Waals surface area contributed by atoms with Crippen LogP contribution in [-0.2, 0) is 0 Å². The number of terminal acetylenes is 1. The second kappa shape index (κ2) is 11.5. The Balaban J connectivity index is 0.00000288. The van der Waals surface area contributed by atoms with Gasteiger partial charge < -0.3 is 10.6 Å². The van der Waals surface area contributed by atoms with Crippen molar-refractivity contribution in [2.45, 2.75) is 12.3 Å². The highest BCUT2D eigenvalue weighted by Crippen LogP contribution is 2.27. The smallest absolute Gasteiger partial charge is 0.191 e. The molecule has 0 aromatic heterocycles. The van der Waals surface area contributed by atoms with Gasteiger partial charge in [0.25, 0.3) is 0 Å². The number of guanidine groups is 1. The molecule has 126 valence electrons. The molecule has 0 aliphatic carbocycles. The minimum absolute atomic E-state index is 0. The molecule has 0 fully saturated rings. The predicted molar refractivity (Wildman–Crippen MR) is 113 cm³/mol. The molecule has 3 nitrogen and oxygen atoms in total. The van der Waals surface area contributed by atoms with Gasteiger partial charge in [-0.25, -0.2) is 0 Å². The van der Waals surface area contributed by atoms with E-state index in [1.165, 1.54) is 11.1 Å². The molecule has 4 heteroatoms. The van der Waals surface area contributed by atoms with E-state index in [9.17, 15) is 0 Å². The molecule has 0 radical (unpaired) electrons. The highest BCUT2D eigenvalue weighted by molar-refractivity contribution is 14.0. The van der Waals surface area contributed by atoms with Gasteiger partial charge in [0.2, 0.25) is 0 Å². The van der Waals surface area contributed by atoms with Gasteiger partial charge in [0.05, 0.1) is 6.54 Å². The SMILES string of the molecule is C#CCNC(=NC)NCCC(c1ccccc1)c1ccccc1.I. The Kier molecular flexibility index (Phi) is 9.62. The summed E-state index contributed by atoms with van der Waals surface area (Å²) in [7, 11) is 1.75. The third-order valence-corrected chi connectivity index (χ3v) is 3.71. The van der Waals surface area contributed by atoms with Crippen LogP contribution < -0.4 is 10.6 Å². The van der Waals surface area contributed by atoms with Gasteiger partial charge in [0, 0.05) is 19.5 Å². The quantitative estimate of drug-likeness (QED) is 0.316. The van der Waals surface area contributed by atoms with Crippen molar-refractivity contribution in [2.24, 2.45) is 4.99 Å². The largest absolute Gasteiger partial charge is 0.356 e. The van der Waals surface area contributed by atoms with E-state index in [0.717, 1.165) is 18.9 Å². The van der Waals surface area contributed by atoms with Crippen molar-refractivity contribution in [1.29, 1.82) is 0 Å². The molecule has 2 rings (SSSR count). The topological polar surface area (TPSA) is 36.4 Å². The Bertz CT molecular complexity index is 608. The summed E-state index contributed by atoms with van der Waals surface area (Å²) in [6.07, 6.45) is 6.24. The molecule has 0 heterocycles. The van der Waals surface area contributed by atoms with Crippen LogP contribution in [0.25, 0.3) is 0 Å². The van der Waals surface area contributed by atoms with E-state index in [1.807, 2.05) is 0 Å². The zero-order chi connectivity index (χ0) is 16.3. The summed E-state index contributed by atoms with van der Waals surface area (Å²) in [5.74, 6) is 3.65. The number of aliphatic imine (C=N–C) groups is 1. The van der Waals surface area contributed by atoms with E-state index in [4.69, 9.17) is 6.42 Å². The first-order chi connectivity index (χ1) is 11.3. The fraction of sp³-hybridized carbons (Fsp3) is 0.250. The van der Waals surface area contributed by atoms with Gasteiger partial charge in [-0.1, -0.05) is 66.6 Å². The molecule has 0 aliphatic heterocycles. The van der Waals surface area contributed by atoms with Crippen LogP contribution in [0.4, 0.5) is 0 Å². The van der Waals surface area contributed by atoms with Crippen LogP contribution in [0, 0.1) is 12.3 Å². The van der Waals surface area contributed by atoms with Crippen molar-refractivity contribution in [2.75, 3.05) is 20.1 Å². The lowest BCUT2D eigenvalue weighted by Gasteiger charge is -2.19. The lowest BCUT2D eigenvalue weighted by molar-refractivity contribution is 0.683. The number of hydrogen-bond donors (Lipinski definition) is 2. The van der Waals surface area contributed by atoms with Crippen molar-refractivity contribution < 1.29 is 0 Å². The Morgan fingerprint density at radius 3 is 2.00 bits per heavy atom. The van der Waals surface area contributed by atoms with E-state index in [0.29, 0.717) is 12.5 Å². The van der Waals surface area contributed by atoms with Crippen molar-refractivity contribution in [3.05, 3.63) is 71.8 Å². The maximum Gasteiger partial charge on any atom is 0.191 e. The van der Waals surface area contributed by atoms with E-state index >= 15 is 0 Å². The normalized spacial score (nSPS) is 10.6. The predicted octanol–water partition coefficient (Wildman–Crippen LogP) is 3.62. The average Bonchev–Trinajstić information content (AvgIpc) is 2.63. The van der Waals surface area contributed by atoms with E-state index in [1.54, 1.807) is 7.05 Å². The molecule has 0 bridgehead atoms. The minimum atomic E-state index is 0. The molecule has 0 saturated carbocycles. The summed E-state index contributed by atoms with van der Waals surface area (Å²) in [4.78, 5) is 4.17. The lowest BCUT2D eigenvalue weighted by Crippen LogP contribution is -2.38. The van der Waals surface area contributed by atoms with Crippen molar-refractivity contribution in [1.82, 2.24) is 10.6 Å². The molecule has 0 atom stereocenters. The van der Waals surface area contributed by atoms with Crippen LogP contribution in [-0.4, -0.2) is 26.1 Å². The second-order valence-electron chi connectivity index (χ2n) is 5.22. The van der Waals surface area contributed by atoms with Crippen LogP contribution in [0.1, 0.15) is 23.5 Å². The third kappa shape index (κ3) is 6.25. The highest BCUT2D eigenvalue weighted by atomic mass is 127. The molecule has 0 amide bonds. The number of rotatable bonds is 6. The molecule has 0 saturated heterocycles. The molecule has 24 heavy (non-hydrogen) atoms. The molecule has 2 N–H and O–H groups in total. The van der Waals surface area contributed by atoms with Gasteiger partial charge in [0.1, 0.15) is 0 Å². The van der Waals surface area contributed by atoms with Gasteiger partial charge in [-0.05, 0) is 17.5 Å². The molecule has 0 aliphatic rings. The molecule has 2 aromatic rings. The summed E-state index contributed by atoms with van der Waals surface area (Å²) in [6, 6.07) is 21.2. The summed E-state index contributed by atoms with van der Waals surface area (Å²) < 4.78 is 0. The Hall–Kier alpha value is -2.00. The minimum Gasteiger partial charge on any atom is -0.356 e. The second-order valence-corrected chi connectivity index (χ2v) is 5.22. The molecule has 2 aromatic carbocycles. The molecule has 0 unspecified atom stereocenters. The lowest BCUT2D eigenvalue weighted by atomic mass is 9.88. The third-order valence-electron chi connectivity index (χ3n) is 3.71. The molecular formula is C20H24IN3. The Labute approximate surface area is 162 Å². The van der Waals surface area contributed by atoms with E-state index < -0.39 is 0 Å². The van der Waals surface area contributed by atoms with Crippen LogP contribution in [0.5, 0.6) is 0 Å². The molecule has 0 spiro atoms. The van der Waals surface area contributed by atoms with Crippen LogP contribution in [0.15, 0.2) is 65.7 Å². The fourth-order valence-electron chi connectivity index (χ4n) is 2.59. The average molecular weight is 433 g/mol. The van der Waals surface area contributed by atoms with Gasteiger partial charge in [-0.3, -0.25) is 4.99 Å². The maximum atomic E-state index is 5.27. The summed E-state index contributed by atoms with van der Waals surface area (Å²) >= 11 is 0. The van der Waals surface area contributed by atoms with Crippen molar-refractivity contribution >= 4 is 29.9 Å². The number of nitrogens with one attached hydrogen (secondary N) is 2. The zero-order valence-electron chi connectivity index (χ0n) is 13.9. The van der Waals surface area contributed by atoms with Gasteiger partial charge in [-0.2, -0.15) is 0 Å². The monoisotopic (exact) mass is 433 g/mol. The summed E-state index contributed by atoms with van der Waals surface area (Å²) in [6.45, 7) is 1.29. The van der Waals surface area contributed by atoms with E-state index in [-0.39, 0.29) is 24.0 Å². The first kappa shape index (κ1) is 20.0. The Morgan fingerprint density at radius 2 is 1.54 bits per heavy atom. The van der Waals surface area contributed by atoms with Crippen molar-refractivity contribution in [3.63, 3.8) is 0 Å². The molecular weight excluding hydrogens is 409 g/mol.